The van der Waals surface area contributed by atoms with Crippen molar-refractivity contribution in [1.82, 2.24) is 9.97 Å². The lowest BCUT2D eigenvalue weighted by Crippen LogP contribution is -2.09. The first-order valence-electron chi connectivity index (χ1n) is 5.01. The zero-order valence-electron chi connectivity index (χ0n) is 9.24. The van der Waals surface area contributed by atoms with Gasteiger partial charge in [0.25, 0.3) is 0 Å². The number of nitrogens with one attached hydrogen (secondary N) is 2. The predicted molar refractivity (Wildman–Crippen MR) is 72.0 cm³/mol. The summed E-state index contributed by atoms with van der Waals surface area (Å²) in [5, 5.41) is 3.19. The first-order chi connectivity index (χ1) is 8.19. The van der Waals surface area contributed by atoms with Crippen molar-refractivity contribution in [1.29, 1.82) is 0 Å². The van der Waals surface area contributed by atoms with Crippen LogP contribution in [0.5, 0.6) is 0 Å². The van der Waals surface area contributed by atoms with E-state index in [1.807, 2.05) is 25.1 Å². The zero-order valence-corrected chi connectivity index (χ0v) is 10.8. The third-order valence-electron chi connectivity index (χ3n) is 2.24. The van der Waals surface area contributed by atoms with Crippen molar-refractivity contribution in [3.8, 4) is 0 Å². The average Bonchev–Trinajstić information content (AvgIpc) is 2.34. The van der Waals surface area contributed by atoms with Crippen molar-refractivity contribution in [2.45, 2.75) is 6.92 Å². The Morgan fingerprint density at radius 2 is 2.00 bits per heavy atom. The molecule has 2 aromatic rings. The van der Waals surface area contributed by atoms with Crippen LogP contribution in [0, 0.1) is 6.92 Å². The zero-order chi connectivity index (χ0) is 12.3. The number of hydrogen-bond donors (Lipinski definition) is 3. The van der Waals surface area contributed by atoms with E-state index in [1.54, 1.807) is 12.4 Å². The lowest BCUT2D eigenvalue weighted by atomic mass is 10.2. The van der Waals surface area contributed by atoms with Gasteiger partial charge in [0.1, 0.15) is 0 Å². The molecule has 0 saturated heterocycles. The Hall–Kier alpha value is -1.66. The summed E-state index contributed by atoms with van der Waals surface area (Å²) in [6.07, 6.45) is 3.19. The fourth-order valence-electron chi connectivity index (χ4n) is 1.36. The summed E-state index contributed by atoms with van der Waals surface area (Å²) >= 11 is 3.43. The summed E-state index contributed by atoms with van der Waals surface area (Å²) in [7, 11) is 0. The summed E-state index contributed by atoms with van der Waals surface area (Å²) in [4.78, 5) is 8.26. The molecule has 0 unspecified atom stereocenters. The largest absolute Gasteiger partial charge is 0.339 e. The molecule has 5 nitrogen and oxygen atoms in total. The van der Waals surface area contributed by atoms with Crippen molar-refractivity contribution < 1.29 is 0 Å². The lowest BCUT2D eigenvalue weighted by molar-refractivity contribution is 1.15. The third-order valence-corrected chi connectivity index (χ3v) is 2.74. The van der Waals surface area contributed by atoms with Crippen LogP contribution in [0.25, 0.3) is 0 Å². The van der Waals surface area contributed by atoms with Gasteiger partial charge in [0.15, 0.2) is 11.6 Å². The molecule has 0 amide bonds. The molecular formula is C11H12BrN5. The number of aromatic nitrogens is 2. The monoisotopic (exact) mass is 293 g/mol. The Kier molecular flexibility index (Phi) is 3.55. The Bertz CT molecular complexity index is 529. The lowest BCUT2D eigenvalue weighted by Gasteiger charge is -2.09. The van der Waals surface area contributed by atoms with Gasteiger partial charge in [0.2, 0.25) is 0 Å². The molecule has 0 saturated carbocycles. The molecule has 0 bridgehead atoms. The second-order valence-corrected chi connectivity index (χ2v) is 4.43. The van der Waals surface area contributed by atoms with Gasteiger partial charge in [-0.05, 0) is 24.6 Å². The molecule has 0 atom stereocenters. The normalized spacial score (nSPS) is 10.1. The summed E-state index contributed by atoms with van der Waals surface area (Å²) < 4.78 is 1.01. The van der Waals surface area contributed by atoms with Gasteiger partial charge in [0.05, 0.1) is 12.4 Å². The van der Waals surface area contributed by atoms with E-state index in [9.17, 15) is 0 Å². The Labute approximate surface area is 108 Å². The van der Waals surface area contributed by atoms with E-state index < -0.39 is 0 Å². The SMILES string of the molecule is Cc1ccc(Br)cc1Nc1cncc(NN)n1. The Balaban J connectivity index is 2.27. The summed E-state index contributed by atoms with van der Waals surface area (Å²) in [6.45, 7) is 2.02. The van der Waals surface area contributed by atoms with Crippen molar-refractivity contribution in [3.05, 3.63) is 40.6 Å². The van der Waals surface area contributed by atoms with Gasteiger partial charge in [-0.3, -0.25) is 4.98 Å². The van der Waals surface area contributed by atoms with E-state index >= 15 is 0 Å². The van der Waals surface area contributed by atoms with Crippen LogP contribution >= 0.6 is 15.9 Å². The van der Waals surface area contributed by atoms with E-state index in [0.717, 1.165) is 15.7 Å². The van der Waals surface area contributed by atoms with Crippen LogP contribution in [0.15, 0.2) is 35.1 Å². The van der Waals surface area contributed by atoms with Gasteiger partial charge in [-0.1, -0.05) is 22.0 Å². The smallest absolute Gasteiger partial charge is 0.160 e. The molecule has 2 rings (SSSR count). The maximum atomic E-state index is 5.28. The van der Waals surface area contributed by atoms with Crippen molar-refractivity contribution in [2.75, 3.05) is 10.7 Å². The van der Waals surface area contributed by atoms with Gasteiger partial charge in [-0.25, -0.2) is 10.8 Å². The number of nitrogens with zero attached hydrogens (tertiary/aromatic N) is 2. The Morgan fingerprint density at radius 1 is 1.24 bits per heavy atom. The highest BCUT2D eigenvalue weighted by Gasteiger charge is 2.02. The maximum absolute atomic E-state index is 5.28. The molecule has 0 spiro atoms. The molecular weight excluding hydrogens is 282 g/mol. The van der Waals surface area contributed by atoms with Crippen LogP contribution in [0.4, 0.5) is 17.3 Å². The third kappa shape index (κ3) is 2.92. The number of nitrogens with two attached hydrogens (primary N) is 1. The van der Waals surface area contributed by atoms with E-state index in [0.29, 0.717) is 11.6 Å². The molecule has 4 N–H and O–H groups in total. The number of halogens is 1. The molecule has 17 heavy (non-hydrogen) atoms. The van der Waals surface area contributed by atoms with Crippen LogP contribution in [-0.4, -0.2) is 9.97 Å². The maximum Gasteiger partial charge on any atom is 0.160 e. The van der Waals surface area contributed by atoms with Gasteiger partial charge < -0.3 is 10.7 Å². The second kappa shape index (κ2) is 5.11. The molecule has 0 fully saturated rings. The summed E-state index contributed by atoms with van der Waals surface area (Å²) in [6, 6.07) is 5.99. The molecule has 0 aliphatic rings. The summed E-state index contributed by atoms with van der Waals surface area (Å²) in [5.41, 5.74) is 4.56. The molecule has 88 valence electrons. The van der Waals surface area contributed by atoms with Gasteiger partial charge >= 0.3 is 0 Å². The minimum absolute atomic E-state index is 0.516. The topological polar surface area (TPSA) is 75.9 Å². The van der Waals surface area contributed by atoms with Gasteiger partial charge in [0, 0.05) is 10.2 Å². The number of nitrogen functional groups attached to an aromatic ring is 1. The number of aryl methyl sites for hydroxylation is 1. The van der Waals surface area contributed by atoms with Crippen LogP contribution in [0.1, 0.15) is 5.56 Å². The fourth-order valence-corrected chi connectivity index (χ4v) is 1.72. The van der Waals surface area contributed by atoms with E-state index in [4.69, 9.17) is 5.84 Å². The highest BCUT2D eigenvalue weighted by Crippen LogP contribution is 2.23. The van der Waals surface area contributed by atoms with Crippen LogP contribution in [0.3, 0.4) is 0 Å². The minimum Gasteiger partial charge on any atom is -0.339 e. The van der Waals surface area contributed by atoms with Crippen molar-refractivity contribution in [2.24, 2.45) is 5.84 Å². The first-order valence-corrected chi connectivity index (χ1v) is 5.80. The number of anilines is 3. The predicted octanol–water partition coefficient (Wildman–Crippen LogP) is 2.58. The fraction of sp³-hybridized carbons (Fsp3) is 0.0909. The molecule has 0 radical (unpaired) electrons. The van der Waals surface area contributed by atoms with E-state index in [-0.39, 0.29) is 0 Å². The molecule has 1 heterocycles. The molecule has 0 aliphatic heterocycles. The molecule has 6 heteroatoms. The van der Waals surface area contributed by atoms with Crippen molar-refractivity contribution in [3.63, 3.8) is 0 Å². The van der Waals surface area contributed by atoms with E-state index in [1.165, 1.54) is 0 Å². The van der Waals surface area contributed by atoms with Gasteiger partial charge in [-0.15, -0.1) is 0 Å². The number of hydrogen-bond acceptors (Lipinski definition) is 5. The standard InChI is InChI=1S/C11H12BrN5/c1-7-2-3-8(12)4-9(7)15-10-5-14-6-11(16-10)17-13/h2-6H,13H2,1H3,(H2,15,16,17). The number of rotatable bonds is 3. The molecule has 1 aromatic heterocycles. The van der Waals surface area contributed by atoms with Crippen LogP contribution in [-0.2, 0) is 0 Å². The highest BCUT2D eigenvalue weighted by molar-refractivity contribution is 9.10. The van der Waals surface area contributed by atoms with Crippen LogP contribution in [0.2, 0.25) is 0 Å². The van der Waals surface area contributed by atoms with E-state index in [2.05, 4.69) is 36.6 Å². The van der Waals surface area contributed by atoms with Gasteiger partial charge in [-0.2, -0.15) is 0 Å². The minimum atomic E-state index is 0.516. The second-order valence-electron chi connectivity index (χ2n) is 3.52. The van der Waals surface area contributed by atoms with Crippen LogP contribution < -0.4 is 16.6 Å². The first kappa shape index (κ1) is 11.8. The average molecular weight is 294 g/mol. The summed E-state index contributed by atoms with van der Waals surface area (Å²) in [5.74, 6) is 6.44. The Morgan fingerprint density at radius 3 is 2.76 bits per heavy atom. The highest BCUT2D eigenvalue weighted by atomic mass is 79.9. The van der Waals surface area contributed by atoms with Crippen molar-refractivity contribution >= 4 is 33.3 Å². The molecule has 0 aliphatic carbocycles. The number of hydrazine groups is 1. The number of benzene rings is 1. The quantitative estimate of drug-likeness (QED) is 0.599. The molecule has 1 aromatic carbocycles.